The molecule has 2 N–H and O–H groups in total. The first-order valence-corrected chi connectivity index (χ1v) is 9.63. The van der Waals surface area contributed by atoms with E-state index in [4.69, 9.17) is 9.47 Å². The van der Waals surface area contributed by atoms with Gasteiger partial charge in [-0.05, 0) is 50.5 Å². The van der Waals surface area contributed by atoms with E-state index in [1.807, 2.05) is 26.0 Å². The number of carbonyl (C=O) groups excluding carboxylic acids is 1. The molecule has 7 nitrogen and oxygen atoms in total. The molecule has 1 fully saturated rings. The maximum Gasteiger partial charge on any atom is 0.326 e. The highest BCUT2D eigenvalue weighted by Crippen LogP contribution is 2.26. The lowest BCUT2D eigenvalue weighted by molar-refractivity contribution is -0.142. The van der Waals surface area contributed by atoms with Gasteiger partial charge in [0.1, 0.15) is 6.04 Å². The number of benzene rings is 1. The molecule has 2 heterocycles. The van der Waals surface area contributed by atoms with Gasteiger partial charge in [0, 0.05) is 48.3 Å². The molecule has 152 valence electrons. The van der Waals surface area contributed by atoms with E-state index in [9.17, 15) is 14.7 Å². The van der Waals surface area contributed by atoms with Crippen LogP contribution in [-0.4, -0.2) is 54.5 Å². The fourth-order valence-electron chi connectivity index (χ4n) is 3.90. The number of hydrogen-bond donors (Lipinski definition) is 2. The minimum Gasteiger partial charge on any atom is -0.480 e. The van der Waals surface area contributed by atoms with Gasteiger partial charge in [-0.25, -0.2) is 4.79 Å². The van der Waals surface area contributed by atoms with Gasteiger partial charge in [-0.3, -0.25) is 4.79 Å². The molecule has 0 bridgehead atoms. The quantitative estimate of drug-likeness (QED) is 0.761. The lowest BCUT2D eigenvalue weighted by Crippen LogP contribution is -2.48. The van der Waals surface area contributed by atoms with Crippen LogP contribution in [0, 0.1) is 19.8 Å². The van der Waals surface area contributed by atoms with Crippen molar-refractivity contribution in [3.63, 3.8) is 0 Å². The Hall–Kier alpha value is -2.38. The van der Waals surface area contributed by atoms with E-state index in [0.29, 0.717) is 25.4 Å². The fourth-order valence-corrected chi connectivity index (χ4v) is 3.90. The summed E-state index contributed by atoms with van der Waals surface area (Å²) in [5.74, 6) is -1.61. The van der Waals surface area contributed by atoms with E-state index in [0.717, 1.165) is 41.5 Å². The number of aliphatic carboxylic acids is 1. The van der Waals surface area contributed by atoms with Crippen molar-refractivity contribution in [1.29, 1.82) is 0 Å². The van der Waals surface area contributed by atoms with Crippen molar-refractivity contribution in [3.05, 3.63) is 35.0 Å². The van der Waals surface area contributed by atoms with Crippen molar-refractivity contribution in [3.8, 4) is 0 Å². The Morgan fingerprint density at radius 2 is 2.18 bits per heavy atom. The molecule has 1 aliphatic heterocycles. The molecule has 7 heteroatoms. The van der Waals surface area contributed by atoms with Crippen LogP contribution in [0.5, 0.6) is 0 Å². The second-order valence-electron chi connectivity index (χ2n) is 7.35. The summed E-state index contributed by atoms with van der Waals surface area (Å²) in [6, 6.07) is 4.56. The fraction of sp³-hybridized carbons (Fsp3) is 0.524. The number of rotatable bonds is 7. The van der Waals surface area contributed by atoms with Gasteiger partial charge in [-0.15, -0.1) is 0 Å². The Kier molecular flexibility index (Phi) is 6.36. The summed E-state index contributed by atoms with van der Waals surface area (Å²) >= 11 is 0. The molecule has 1 saturated heterocycles. The molecule has 0 saturated carbocycles. The molecule has 1 amide bonds. The molecule has 2 aromatic rings. The molecular formula is C21H28N2O5. The van der Waals surface area contributed by atoms with Crippen LogP contribution in [0.2, 0.25) is 0 Å². The lowest BCUT2D eigenvalue weighted by Gasteiger charge is -2.28. The molecule has 3 rings (SSSR count). The Morgan fingerprint density at radius 3 is 2.82 bits per heavy atom. The van der Waals surface area contributed by atoms with Crippen molar-refractivity contribution in [1.82, 2.24) is 9.88 Å². The van der Waals surface area contributed by atoms with Crippen molar-refractivity contribution in [2.75, 3.05) is 26.9 Å². The molecule has 1 aromatic carbocycles. The highest BCUT2D eigenvalue weighted by atomic mass is 16.5. The number of nitrogens with zero attached hydrogens (tertiary/aromatic N) is 1. The van der Waals surface area contributed by atoms with Crippen molar-refractivity contribution in [2.24, 2.45) is 5.92 Å². The number of methoxy groups -OCH3 is 1. The van der Waals surface area contributed by atoms with Crippen molar-refractivity contribution >= 4 is 22.8 Å². The first-order chi connectivity index (χ1) is 13.4. The molecule has 28 heavy (non-hydrogen) atoms. The number of amides is 1. The number of fused-ring (bicyclic) bond motifs is 1. The van der Waals surface area contributed by atoms with Crippen molar-refractivity contribution < 1.29 is 24.2 Å². The monoisotopic (exact) mass is 388 g/mol. The standard InChI is InChI=1S/C21H28N2O5/c1-13-14(2)23(8-10-27-3)18-7-6-15(11-17(13)18)20(24)22-19(21(25)26)16-5-4-9-28-12-16/h6-7,11,16,19H,4-5,8-10,12H2,1-3H3,(H,22,24)(H,25,26). The molecular weight excluding hydrogens is 360 g/mol. The van der Waals surface area contributed by atoms with Gasteiger partial charge < -0.3 is 24.5 Å². The van der Waals surface area contributed by atoms with E-state index in [2.05, 4.69) is 9.88 Å². The van der Waals surface area contributed by atoms with Crippen LogP contribution in [0.3, 0.4) is 0 Å². The minimum absolute atomic E-state index is 0.210. The number of ether oxygens (including phenoxy) is 2. The summed E-state index contributed by atoms with van der Waals surface area (Å²) in [5.41, 5.74) is 3.74. The second-order valence-corrected chi connectivity index (χ2v) is 7.35. The number of carbonyl (C=O) groups is 2. The van der Waals surface area contributed by atoms with E-state index in [-0.39, 0.29) is 11.8 Å². The van der Waals surface area contributed by atoms with Gasteiger partial charge in [-0.2, -0.15) is 0 Å². The van der Waals surface area contributed by atoms with Crippen LogP contribution >= 0.6 is 0 Å². The third-order valence-electron chi connectivity index (χ3n) is 5.64. The Morgan fingerprint density at radius 1 is 1.39 bits per heavy atom. The van der Waals surface area contributed by atoms with Crippen LogP contribution in [0.25, 0.3) is 10.9 Å². The van der Waals surface area contributed by atoms with Gasteiger partial charge in [0.15, 0.2) is 0 Å². The zero-order valence-corrected chi connectivity index (χ0v) is 16.7. The van der Waals surface area contributed by atoms with Gasteiger partial charge >= 0.3 is 5.97 Å². The molecule has 0 aliphatic carbocycles. The molecule has 1 aromatic heterocycles. The minimum atomic E-state index is -1.03. The Balaban J connectivity index is 1.85. The molecule has 0 spiro atoms. The maximum absolute atomic E-state index is 12.8. The Bertz CT molecular complexity index is 867. The van der Waals surface area contributed by atoms with Crippen LogP contribution in [0.15, 0.2) is 18.2 Å². The number of aryl methyl sites for hydroxylation is 1. The predicted molar refractivity (Wildman–Crippen MR) is 106 cm³/mol. The zero-order chi connectivity index (χ0) is 20.3. The van der Waals surface area contributed by atoms with Crippen LogP contribution in [0.4, 0.5) is 0 Å². The van der Waals surface area contributed by atoms with Crippen LogP contribution in [-0.2, 0) is 20.8 Å². The van der Waals surface area contributed by atoms with E-state index >= 15 is 0 Å². The average Bonchev–Trinajstić information content (AvgIpc) is 2.94. The zero-order valence-electron chi connectivity index (χ0n) is 16.7. The maximum atomic E-state index is 12.8. The second kappa shape index (κ2) is 8.75. The molecule has 2 unspecified atom stereocenters. The number of carboxylic acids is 1. The first-order valence-electron chi connectivity index (χ1n) is 9.63. The van der Waals surface area contributed by atoms with Gasteiger partial charge in [0.25, 0.3) is 5.91 Å². The summed E-state index contributed by atoms with van der Waals surface area (Å²) < 4.78 is 12.8. The molecule has 1 aliphatic rings. The summed E-state index contributed by atoms with van der Waals surface area (Å²) in [5, 5.41) is 13.3. The van der Waals surface area contributed by atoms with E-state index in [1.165, 1.54) is 0 Å². The smallest absolute Gasteiger partial charge is 0.326 e. The average molecular weight is 388 g/mol. The van der Waals surface area contributed by atoms with Crippen molar-refractivity contribution in [2.45, 2.75) is 39.3 Å². The SMILES string of the molecule is COCCn1c(C)c(C)c2cc(C(=O)NC(C(=O)O)C3CCCOC3)ccc21. The highest BCUT2D eigenvalue weighted by molar-refractivity contribution is 6.00. The lowest BCUT2D eigenvalue weighted by atomic mass is 9.93. The highest BCUT2D eigenvalue weighted by Gasteiger charge is 2.31. The van der Waals surface area contributed by atoms with Gasteiger partial charge in [0.05, 0.1) is 13.2 Å². The molecule has 0 radical (unpaired) electrons. The van der Waals surface area contributed by atoms with Crippen LogP contribution < -0.4 is 5.32 Å². The van der Waals surface area contributed by atoms with Crippen LogP contribution in [0.1, 0.15) is 34.5 Å². The summed E-state index contributed by atoms with van der Waals surface area (Å²) in [6.07, 6.45) is 1.54. The Labute approximate surface area is 164 Å². The van der Waals surface area contributed by atoms with E-state index in [1.54, 1.807) is 13.2 Å². The summed E-state index contributed by atoms with van der Waals surface area (Å²) in [6.45, 7) is 6.43. The van der Waals surface area contributed by atoms with Gasteiger partial charge in [0.2, 0.25) is 0 Å². The summed E-state index contributed by atoms with van der Waals surface area (Å²) in [7, 11) is 1.67. The number of aromatic nitrogens is 1. The predicted octanol–water partition coefficient (Wildman–Crippen LogP) is 2.51. The summed E-state index contributed by atoms with van der Waals surface area (Å²) in [4.78, 5) is 24.5. The number of nitrogens with one attached hydrogen (secondary N) is 1. The third-order valence-corrected chi connectivity index (χ3v) is 5.64. The number of hydrogen-bond acceptors (Lipinski definition) is 4. The van der Waals surface area contributed by atoms with E-state index < -0.39 is 12.0 Å². The largest absolute Gasteiger partial charge is 0.480 e. The van der Waals surface area contributed by atoms with Gasteiger partial charge in [-0.1, -0.05) is 0 Å². The molecule has 2 atom stereocenters. The first kappa shape index (κ1) is 20.4. The third kappa shape index (κ3) is 4.05. The normalized spacial score (nSPS) is 18.2. The number of carboxylic acid groups (broad SMARTS) is 1. The topological polar surface area (TPSA) is 89.8 Å².